The molecule has 0 aliphatic carbocycles. The molecule has 8 nitrogen and oxygen atoms in total. The maximum absolute atomic E-state index is 14.1. The Kier molecular flexibility index (Phi) is 9.51. The standard InChI is InChI=1S/C35H35ClN2O6S/c1-8-43-29-15-23(9-11-28(29)44-18-26-20(3)13-19(2)14-21(26)4)16-30-33(39)38-32(25-17-24(36)10-12-27(25)41-6)31(34(40)42-7)22(5)37-35(38)45-30/h9-17,32H,8,18H2,1-7H3/b30-16-/t32-/m1/s1. The Bertz CT molecular complexity index is 1990. The molecule has 0 N–H and O–H groups in total. The Morgan fingerprint density at radius 1 is 0.978 bits per heavy atom. The molecule has 3 aromatic carbocycles. The van der Waals surface area contributed by atoms with E-state index in [1.807, 2.05) is 25.1 Å². The molecule has 1 aromatic heterocycles. The van der Waals surface area contributed by atoms with Gasteiger partial charge in [-0.2, -0.15) is 0 Å². The van der Waals surface area contributed by atoms with Gasteiger partial charge in [-0.1, -0.05) is 46.7 Å². The summed E-state index contributed by atoms with van der Waals surface area (Å²) >= 11 is 7.61. The number of rotatable bonds is 9. The van der Waals surface area contributed by atoms with Crippen molar-refractivity contribution in [2.75, 3.05) is 20.8 Å². The van der Waals surface area contributed by atoms with Crippen LogP contribution in [0.25, 0.3) is 6.08 Å². The van der Waals surface area contributed by atoms with Crippen LogP contribution in [-0.4, -0.2) is 31.4 Å². The number of fused-ring (bicyclic) bond motifs is 1. The predicted octanol–water partition coefficient (Wildman–Crippen LogP) is 5.97. The lowest BCUT2D eigenvalue weighted by Crippen LogP contribution is -2.40. The monoisotopic (exact) mass is 646 g/mol. The zero-order valence-corrected chi connectivity index (χ0v) is 27.9. The summed E-state index contributed by atoms with van der Waals surface area (Å²) < 4.78 is 24.8. The first kappa shape index (κ1) is 32.1. The number of esters is 1. The first-order chi connectivity index (χ1) is 21.6. The van der Waals surface area contributed by atoms with Crippen molar-refractivity contribution in [3.8, 4) is 17.2 Å². The minimum absolute atomic E-state index is 0.233. The van der Waals surface area contributed by atoms with Gasteiger partial charge in [0.25, 0.3) is 5.56 Å². The minimum Gasteiger partial charge on any atom is -0.496 e. The number of hydrogen-bond acceptors (Lipinski definition) is 8. The number of methoxy groups -OCH3 is 2. The summed E-state index contributed by atoms with van der Waals surface area (Å²) in [7, 11) is 2.82. The Hall–Kier alpha value is -4.34. The van der Waals surface area contributed by atoms with E-state index >= 15 is 0 Å². The van der Waals surface area contributed by atoms with E-state index < -0.39 is 12.0 Å². The third-order valence-corrected chi connectivity index (χ3v) is 8.91. The van der Waals surface area contributed by atoms with Gasteiger partial charge in [0.2, 0.25) is 0 Å². The molecule has 0 spiro atoms. The molecular weight excluding hydrogens is 612 g/mol. The van der Waals surface area contributed by atoms with Gasteiger partial charge in [-0.3, -0.25) is 9.36 Å². The molecule has 0 unspecified atom stereocenters. The van der Waals surface area contributed by atoms with E-state index in [1.165, 1.54) is 46.8 Å². The largest absolute Gasteiger partial charge is 0.496 e. The second kappa shape index (κ2) is 13.3. The number of nitrogens with zero attached hydrogens (tertiary/aromatic N) is 2. The lowest BCUT2D eigenvalue weighted by atomic mass is 9.95. The molecule has 1 atom stereocenters. The number of allylic oxidation sites excluding steroid dienone is 1. The summed E-state index contributed by atoms with van der Waals surface area (Å²) in [6.45, 7) is 10.7. The van der Waals surface area contributed by atoms with Crippen LogP contribution in [0, 0.1) is 20.8 Å². The minimum atomic E-state index is -0.854. The highest BCUT2D eigenvalue weighted by Crippen LogP contribution is 2.37. The number of aryl methyl sites for hydroxylation is 3. The van der Waals surface area contributed by atoms with Crippen molar-refractivity contribution >= 4 is 35.0 Å². The van der Waals surface area contributed by atoms with Gasteiger partial charge >= 0.3 is 5.97 Å². The number of aromatic nitrogens is 1. The van der Waals surface area contributed by atoms with Crippen molar-refractivity contribution in [2.24, 2.45) is 4.99 Å². The van der Waals surface area contributed by atoms with E-state index in [-0.39, 0.29) is 11.1 Å². The molecular formula is C35H35ClN2O6S. The van der Waals surface area contributed by atoms with E-state index in [0.29, 0.717) is 56.1 Å². The highest BCUT2D eigenvalue weighted by molar-refractivity contribution is 7.07. The van der Waals surface area contributed by atoms with Crippen molar-refractivity contribution in [3.63, 3.8) is 0 Å². The molecule has 0 fully saturated rings. The van der Waals surface area contributed by atoms with E-state index in [2.05, 4.69) is 37.9 Å². The molecule has 45 heavy (non-hydrogen) atoms. The highest BCUT2D eigenvalue weighted by atomic mass is 35.5. The van der Waals surface area contributed by atoms with Gasteiger partial charge in [0, 0.05) is 10.6 Å². The Balaban J connectivity index is 1.58. The van der Waals surface area contributed by atoms with Crippen LogP contribution in [0.3, 0.4) is 0 Å². The number of carbonyl (C=O) groups is 1. The lowest BCUT2D eigenvalue weighted by Gasteiger charge is -2.25. The fourth-order valence-electron chi connectivity index (χ4n) is 5.65. The quantitative estimate of drug-likeness (QED) is 0.208. The Labute approximate surface area is 270 Å². The molecule has 0 radical (unpaired) electrons. The third kappa shape index (κ3) is 6.41. The van der Waals surface area contributed by atoms with Gasteiger partial charge in [-0.05, 0) is 93.3 Å². The normalized spacial score (nSPS) is 14.6. The molecule has 1 aliphatic heterocycles. The Morgan fingerprint density at radius 2 is 1.69 bits per heavy atom. The zero-order valence-electron chi connectivity index (χ0n) is 26.3. The summed E-state index contributed by atoms with van der Waals surface area (Å²) in [6, 6.07) is 14.1. The van der Waals surface area contributed by atoms with Crippen molar-refractivity contribution in [3.05, 3.63) is 118 Å². The second-order valence-electron chi connectivity index (χ2n) is 10.8. The van der Waals surface area contributed by atoms with Gasteiger partial charge in [0.1, 0.15) is 18.4 Å². The molecule has 5 rings (SSSR count). The summed E-state index contributed by atoms with van der Waals surface area (Å²) in [5, 5.41) is 0.435. The van der Waals surface area contributed by atoms with Gasteiger partial charge in [-0.25, -0.2) is 9.79 Å². The molecule has 0 saturated carbocycles. The summed E-state index contributed by atoms with van der Waals surface area (Å²) in [6.07, 6.45) is 1.79. The van der Waals surface area contributed by atoms with Crippen LogP contribution in [-0.2, 0) is 16.1 Å². The molecule has 2 heterocycles. The van der Waals surface area contributed by atoms with Crippen molar-refractivity contribution in [2.45, 2.75) is 47.3 Å². The molecule has 0 saturated heterocycles. The molecule has 0 bridgehead atoms. The van der Waals surface area contributed by atoms with E-state index in [4.69, 9.17) is 30.5 Å². The average molecular weight is 647 g/mol. The van der Waals surface area contributed by atoms with Crippen molar-refractivity contribution < 1.29 is 23.7 Å². The van der Waals surface area contributed by atoms with Crippen LogP contribution in [0.15, 0.2) is 69.6 Å². The van der Waals surface area contributed by atoms with Crippen molar-refractivity contribution in [1.29, 1.82) is 0 Å². The second-order valence-corrected chi connectivity index (χ2v) is 12.2. The maximum atomic E-state index is 14.1. The number of carbonyl (C=O) groups excluding carboxylic acids is 1. The first-order valence-electron chi connectivity index (χ1n) is 14.5. The topological polar surface area (TPSA) is 88.4 Å². The number of ether oxygens (including phenoxy) is 4. The maximum Gasteiger partial charge on any atom is 0.338 e. The van der Waals surface area contributed by atoms with E-state index in [0.717, 1.165) is 11.1 Å². The zero-order chi connectivity index (χ0) is 32.4. The van der Waals surface area contributed by atoms with Crippen LogP contribution < -0.4 is 29.1 Å². The third-order valence-electron chi connectivity index (χ3n) is 7.69. The Morgan fingerprint density at radius 3 is 2.36 bits per heavy atom. The number of thiazole rings is 1. The van der Waals surface area contributed by atoms with Gasteiger partial charge in [0.15, 0.2) is 16.3 Å². The van der Waals surface area contributed by atoms with Crippen molar-refractivity contribution in [1.82, 2.24) is 4.57 Å². The van der Waals surface area contributed by atoms with Crippen LogP contribution in [0.2, 0.25) is 5.02 Å². The number of benzene rings is 3. The van der Waals surface area contributed by atoms with Crippen LogP contribution >= 0.6 is 22.9 Å². The van der Waals surface area contributed by atoms with Crippen LogP contribution in [0.1, 0.15) is 53.3 Å². The molecule has 1 aliphatic rings. The fraction of sp³-hybridized carbons (Fsp3) is 0.286. The number of halogens is 1. The highest BCUT2D eigenvalue weighted by Gasteiger charge is 2.35. The summed E-state index contributed by atoms with van der Waals surface area (Å²) in [4.78, 5) is 32.2. The van der Waals surface area contributed by atoms with Crippen LogP contribution in [0.4, 0.5) is 0 Å². The molecule has 234 valence electrons. The fourth-order valence-corrected chi connectivity index (χ4v) is 6.87. The van der Waals surface area contributed by atoms with Crippen LogP contribution in [0.5, 0.6) is 17.2 Å². The molecule has 0 amide bonds. The lowest BCUT2D eigenvalue weighted by molar-refractivity contribution is -0.136. The summed E-state index contributed by atoms with van der Waals surface area (Å²) in [5.41, 5.74) is 6.37. The average Bonchev–Trinajstić information content (AvgIpc) is 3.30. The first-order valence-corrected chi connectivity index (χ1v) is 15.7. The molecule has 10 heteroatoms. The smallest absolute Gasteiger partial charge is 0.338 e. The van der Waals surface area contributed by atoms with E-state index in [9.17, 15) is 9.59 Å². The van der Waals surface area contributed by atoms with Gasteiger partial charge < -0.3 is 18.9 Å². The summed E-state index contributed by atoms with van der Waals surface area (Å²) in [5.74, 6) is 1.07. The van der Waals surface area contributed by atoms with Gasteiger partial charge in [0.05, 0.1) is 36.6 Å². The molecule has 4 aromatic rings. The van der Waals surface area contributed by atoms with E-state index in [1.54, 1.807) is 31.2 Å². The number of hydrogen-bond donors (Lipinski definition) is 0. The van der Waals surface area contributed by atoms with Gasteiger partial charge in [-0.15, -0.1) is 0 Å². The predicted molar refractivity (Wildman–Crippen MR) is 176 cm³/mol. The SMILES string of the molecule is CCOc1cc(/C=c2\sc3n(c2=O)[C@H](c2cc(Cl)ccc2OC)C(C(=O)OC)=C(C)N=3)ccc1OCc1c(C)cc(C)cc1C.